The molecule has 3 rings (SSSR count). The van der Waals surface area contributed by atoms with Gasteiger partial charge in [-0.15, -0.1) is 0 Å². The molecule has 3 N–H and O–H groups in total. The number of carbonyl (C=O) groups excluding carboxylic acids is 1. The third kappa shape index (κ3) is 6.54. The summed E-state index contributed by atoms with van der Waals surface area (Å²) in [6.45, 7) is 1.64. The van der Waals surface area contributed by atoms with E-state index in [2.05, 4.69) is 15.6 Å². The summed E-state index contributed by atoms with van der Waals surface area (Å²) in [4.78, 5) is 28.8. The Morgan fingerprint density at radius 3 is 2.44 bits per heavy atom. The molecule has 0 unspecified atom stereocenters. The Morgan fingerprint density at radius 1 is 1.06 bits per heavy atom. The number of aryl methyl sites for hydroxylation is 3. The monoisotopic (exact) mass is 483 g/mol. The van der Waals surface area contributed by atoms with Crippen LogP contribution in [0.4, 0.5) is 10.2 Å². The number of carboxylic acid groups (broad SMARTS) is 1. The number of amides is 1. The summed E-state index contributed by atoms with van der Waals surface area (Å²) in [5.74, 6) is -2.02. The molecule has 8 heteroatoms. The number of rotatable bonds is 10. The summed E-state index contributed by atoms with van der Waals surface area (Å²) in [6.07, 6.45) is 2.70. The lowest BCUT2D eigenvalue weighted by atomic mass is 10.0. The molecule has 1 aromatic heterocycles. The van der Waals surface area contributed by atoms with Gasteiger partial charge in [0.25, 0.3) is 5.91 Å². The minimum Gasteiger partial charge on any atom is -0.480 e. The first kappa shape index (κ1) is 25.2. The smallest absolute Gasteiger partial charge is 0.326 e. The first-order chi connectivity index (χ1) is 16.3. The van der Waals surface area contributed by atoms with Crippen LogP contribution in [0.5, 0.6) is 0 Å². The van der Waals surface area contributed by atoms with Gasteiger partial charge in [-0.2, -0.15) is 0 Å². The van der Waals surface area contributed by atoms with Gasteiger partial charge in [-0.1, -0.05) is 48.0 Å². The van der Waals surface area contributed by atoms with Crippen LogP contribution in [0, 0.1) is 12.7 Å². The van der Waals surface area contributed by atoms with Gasteiger partial charge in [0.1, 0.15) is 17.7 Å². The highest BCUT2D eigenvalue weighted by Crippen LogP contribution is 2.23. The number of nitrogens with zero attached hydrogens (tertiary/aromatic N) is 1. The van der Waals surface area contributed by atoms with Crippen molar-refractivity contribution in [3.8, 4) is 0 Å². The Kier molecular flexibility index (Phi) is 8.60. The van der Waals surface area contributed by atoms with E-state index in [0.29, 0.717) is 5.56 Å². The normalized spacial score (nSPS) is 11.6. The molecule has 0 spiro atoms. The van der Waals surface area contributed by atoms with E-state index in [-0.39, 0.29) is 17.0 Å². The van der Waals surface area contributed by atoms with Gasteiger partial charge in [0.05, 0.1) is 10.6 Å². The van der Waals surface area contributed by atoms with E-state index in [1.165, 1.54) is 6.07 Å². The van der Waals surface area contributed by atoms with Crippen LogP contribution < -0.4 is 10.6 Å². The van der Waals surface area contributed by atoms with Crippen molar-refractivity contribution in [2.45, 2.75) is 38.6 Å². The van der Waals surface area contributed by atoms with Crippen LogP contribution in [0.3, 0.4) is 0 Å². The third-order valence-corrected chi connectivity index (χ3v) is 6.03. The summed E-state index contributed by atoms with van der Waals surface area (Å²) in [5, 5.41) is 15.0. The van der Waals surface area contributed by atoms with Crippen molar-refractivity contribution < 1.29 is 19.1 Å². The molecule has 2 aromatic carbocycles. The van der Waals surface area contributed by atoms with E-state index in [1.54, 1.807) is 6.92 Å². The Labute approximate surface area is 203 Å². The minimum absolute atomic E-state index is 0.0288. The Balaban J connectivity index is 1.59. The summed E-state index contributed by atoms with van der Waals surface area (Å²) < 4.78 is 14.2. The molecule has 0 saturated heterocycles. The number of hydrogen-bond acceptors (Lipinski definition) is 4. The number of benzene rings is 2. The molecule has 3 aromatic rings. The number of pyridine rings is 1. The Hall–Kier alpha value is -3.45. The van der Waals surface area contributed by atoms with Gasteiger partial charge in [-0.3, -0.25) is 4.79 Å². The zero-order valence-electron chi connectivity index (χ0n) is 19.1. The van der Waals surface area contributed by atoms with E-state index >= 15 is 0 Å². The number of hydrogen-bond donors (Lipinski definition) is 3. The highest BCUT2D eigenvalue weighted by atomic mass is 35.5. The molecule has 0 aliphatic heterocycles. The van der Waals surface area contributed by atoms with E-state index in [1.807, 2.05) is 49.5 Å². The zero-order valence-corrected chi connectivity index (χ0v) is 19.8. The lowest BCUT2D eigenvalue weighted by Gasteiger charge is -2.16. The molecule has 0 fully saturated rings. The number of nitrogens with one attached hydrogen (secondary N) is 2. The predicted octanol–water partition coefficient (Wildman–Crippen LogP) is 4.83. The number of halogens is 2. The largest absolute Gasteiger partial charge is 0.480 e. The fourth-order valence-electron chi connectivity index (χ4n) is 3.60. The molecule has 0 bridgehead atoms. The van der Waals surface area contributed by atoms with Gasteiger partial charge in [-0.25, -0.2) is 14.2 Å². The maximum absolute atomic E-state index is 14.2. The number of carboxylic acids is 1. The van der Waals surface area contributed by atoms with E-state index in [0.717, 1.165) is 48.0 Å². The quantitative estimate of drug-likeness (QED) is 0.384. The minimum atomic E-state index is -1.22. The van der Waals surface area contributed by atoms with Gasteiger partial charge in [0, 0.05) is 19.2 Å². The maximum atomic E-state index is 14.2. The summed E-state index contributed by atoms with van der Waals surface area (Å²) >= 11 is 6.07. The van der Waals surface area contributed by atoms with Crippen LogP contribution in [0.25, 0.3) is 0 Å². The standard InChI is InChI=1S/C26H27ClFN3O3/c1-16-9-14-20(28)23(24(16)27)25(32)31-21(26(33)34)15-18-12-10-17(11-13-18)5-3-6-19-7-4-8-22(29-2)30-19/h4,7-14,21H,3,5-6,15H2,1-2H3,(H,29,30)(H,31,32)(H,33,34)/t21-/m0/s1. The van der Waals surface area contributed by atoms with E-state index < -0.39 is 23.7 Å². The molecule has 1 amide bonds. The van der Waals surface area contributed by atoms with Crippen molar-refractivity contribution in [2.24, 2.45) is 0 Å². The van der Waals surface area contributed by atoms with Crippen LogP contribution in [0.2, 0.25) is 5.02 Å². The molecule has 0 saturated carbocycles. The highest BCUT2D eigenvalue weighted by Gasteiger charge is 2.25. The second-order valence-corrected chi connectivity index (χ2v) is 8.43. The topological polar surface area (TPSA) is 91.3 Å². The molecule has 1 atom stereocenters. The van der Waals surface area contributed by atoms with Crippen molar-refractivity contribution in [3.05, 3.63) is 93.4 Å². The van der Waals surface area contributed by atoms with Crippen LogP contribution in [0.1, 0.15) is 39.2 Å². The average molecular weight is 484 g/mol. The van der Waals surface area contributed by atoms with Crippen molar-refractivity contribution in [2.75, 3.05) is 12.4 Å². The van der Waals surface area contributed by atoms with E-state index in [9.17, 15) is 19.1 Å². The molecule has 178 valence electrons. The second kappa shape index (κ2) is 11.6. The summed E-state index contributed by atoms with van der Waals surface area (Å²) in [7, 11) is 1.84. The molecular formula is C26H27ClFN3O3. The van der Waals surface area contributed by atoms with Crippen LogP contribution in [0.15, 0.2) is 54.6 Å². The maximum Gasteiger partial charge on any atom is 0.326 e. The average Bonchev–Trinajstić information content (AvgIpc) is 2.82. The fourth-order valence-corrected chi connectivity index (χ4v) is 3.84. The third-order valence-electron chi connectivity index (χ3n) is 5.54. The van der Waals surface area contributed by atoms with Crippen molar-refractivity contribution in [1.29, 1.82) is 0 Å². The van der Waals surface area contributed by atoms with Crippen molar-refractivity contribution in [3.63, 3.8) is 0 Å². The van der Waals surface area contributed by atoms with E-state index in [4.69, 9.17) is 11.6 Å². The number of carbonyl (C=O) groups is 2. The van der Waals surface area contributed by atoms with Gasteiger partial charge in [-0.05, 0) is 61.1 Å². The Bertz CT molecular complexity index is 1170. The molecule has 6 nitrogen and oxygen atoms in total. The molecule has 34 heavy (non-hydrogen) atoms. The van der Waals surface area contributed by atoms with Gasteiger partial charge in [0.2, 0.25) is 0 Å². The van der Waals surface area contributed by atoms with Crippen molar-refractivity contribution >= 4 is 29.3 Å². The predicted molar refractivity (Wildman–Crippen MR) is 131 cm³/mol. The number of aromatic nitrogens is 1. The van der Waals surface area contributed by atoms with Crippen LogP contribution in [-0.4, -0.2) is 35.1 Å². The molecular weight excluding hydrogens is 457 g/mol. The fraction of sp³-hybridized carbons (Fsp3) is 0.269. The van der Waals surface area contributed by atoms with Crippen molar-refractivity contribution in [1.82, 2.24) is 10.3 Å². The van der Waals surface area contributed by atoms with Crippen LogP contribution in [-0.2, 0) is 24.1 Å². The molecule has 0 aliphatic rings. The lowest BCUT2D eigenvalue weighted by molar-refractivity contribution is -0.139. The Morgan fingerprint density at radius 2 is 1.76 bits per heavy atom. The molecule has 0 radical (unpaired) electrons. The molecule has 1 heterocycles. The number of aliphatic carboxylic acids is 1. The lowest BCUT2D eigenvalue weighted by Crippen LogP contribution is -2.42. The van der Waals surface area contributed by atoms with Crippen LogP contribution >= 0.6 is 11.6 Å². The number of anilines is 1. The summed E-state index contributed by atoms with van der Waals surface area (Å²) in [5.41, 5.74) is 3.07. The second-order valence-electron chi connectivity index (χ2n) is 8.06. The van der Waals surface area contributed by atoms with Gasteiger partial charge >= 0.3 is 5.97 Å². The first-order valence-corrected chi connectivity index (χ1v) is 11.4. The highest BCUT2D eigenvalue weighted by molar-refractivity contribution is 6.34. The van der Waals surface area contributed by atoms with Gasteiger partial charge < -0.3 is 15.7 Å². The zero-order chi connectivity index (χ0) is 24.7. The first-order valence-electron chi connectivity index (χ1n) is 11.0. The SMILES string of the molecule is CNc1cccc(CCCc2ccc(C[C@H](NC(=O)c3c(F)ccc(C)c3Cl)C(=O)O)cc2)n1. The molecule has 0 aliphatic carbocycles. The van der Waals surface area contributed by atoms with Gasteiger partial charge in [0.15, 0.2) is 0 Å². The summed E-state index contributed by atoms with van der Waals surface area (Å²) in [6, 6.07) is 14.9.